The van der Waals surface area contributed by atoms with Crippen LogP contribution in [0, 0.1) is 18.4 Å². The molecule has 0 radical (unpaired) electrons. The number of fused-ring (bicyclic) bond motifs is 1. The van der Waals surface area contributed by atoms with E-state index in [1.54, 1.807) is 0 Å². The average molecular weight is 228 g/mol. The van der Waals surface area contributed by atoms with E-state index in [-0.39, 0.29) is 0 Å². The predicted octanol–water partition coefficient (Wildman–Crippen LogP) is 2.87. The molecular weight excluding hydrogens is 212 g/mol. The smallest absolute Gasteiger partial charge is 0.140 e. The summed E-state index contributed by atoms with van der Waals surface area (Å²) >= 11 is 0. The van der Waals surface area contributed by atoms with E-state index >= 15 is 0 Å². The Hall–Kier alpha value is -1.53. The zero-order chi connectivity index (χ0) is 11.8. The second-order valence-corrected chi connectivity index (χ2v) is 9.78. The van der Waals surface area contributed by atoms with E-state index in [0.29, 0.717) is 0 Å². The van der Waals surface area contributed by atoms with E-state index in [1.807, 2.05) is 18.5 Å². The maximum atomic E-state index is 4.39. The van der Waals surface area contributed by atoms with E-state index < -0.39 is 8.07 Å². The van der Waals surface area contributed by atoms with Crippen LogP contribution in [0.5, 0.6) is 0 Å². The fourth-order valence-corrected chi connectivity index (χ4v) is 2.00. The van der Waals surface area contributed by atoms with Crippen LogP contribution >= 0.6 is 0 Å². The van der Waals surface area contributed by atoms with Crippen molar-refractivity contribution in [2.24, 2.45) is 0 Å². The van der Waals surface area contributed by atoms with Gasteiger partial charge in [0.05, 0.1) is 6.20 Å². The Morgan fingerprint density at radius 1 is 1.31 bits per heavy atom. The molecule has 0 aliphatic rings. The zero-order valence-electron chi connectivity index (χ0n) is 10.2. The molecule has 0 aromatic carbocycles. The minimum absolute atomic E-state index is 0.987. The maximum absolute atomic E-state index is 4.39. The fourth-order valence-electron chi connectivity index (χ4n) is 1.50. The van der Waals surface area contributed by atoms with Gasteiger partial charge in [-0.15, -0.1) is 5.54 Å². The maximum Gasteiger partial charge on any atom is 0.140 e. The van der Waals surface area contributed by atoms with Crippen molar-refractivity contribution in [3.63, 3.8) is 0 Å². The van der Waals surface area contributed by atoms with Crippen molar-refractivity contribution in [1.29, 1.82) is 0 Å². The first-order chi connectivity index (χ1) is 7.47. The summed E-state index contributed by atoms with van der Waals surface area (Å²) in [4.78, 5) is 4.39. The number of pyridine rings is 1. The Balaban J connectivity index is 2.54. The van der Waals surface area contributed by atoms with Crippen molar-refractivity contribution in [2.45, 2.75) is 26.6 Å². The van der Waals surface area contributed by atoms with Crippen molar-refractivity contribution >= 4 is 13.7 Å². The average Bonchev–Trinajstić information content (AvgIpc) is 2.58. The summed E-state index contributed by atoms with van der Waals surface area (Å²) in [6.45, 7) is 8.80. The Bertz CT molecular complexity index is 579. The monoisotopic (exact) mass is 228 g/mol. The number of aromatic nitrogens is 2. The molecule has 0 aliphatic carbocycles. The van der Waals surface area contributed by atoms with E-state index in [1.165, 1.54) is 5.56 Å². The van der Waals surface area contributed by atoms with Gasteiger partial charge < -0.3 is 0 Å². The molecule has 2 aromatic rings. The van der Waals surface area contributed by atoms with Crippen molar-refractivity contribution < 1.29 is 0 Å². The van der Waals surface area contributed by atoms with E-state index in [0.717, 1.165) is 11.3 Å². The quantitative estimate of drug-likeness (QED) is 0.500. The second kappa shape index (κ2) is 3.80. The Kier molecular flexibility index (Phi) is 2.61. The molecule has 0 unspecified atom stereocenters. The first-order valence-corrected chi connectivity index (χ1v) is 8.93. The number of nitrogens with zero attached hydrogens (tertiary/aromatic N) is 2. The lowest BCUT2D eigenvalue weighted by Crippen LogP contribution is -2.16. The normalized spacial score (nSPS) is 11.2. The van der Waals surface area contributed by atoms with Crippen LogP contribution in [0.3, 0.4) is 0 Å². The molecule has 0 saturated carbocycles. The lowest BCUT2D eigenvalue weighted by atomic mass is 10.3. The van der Waals surface area contributed by atoms with Gasteiger partial charge in [-0.05, 0) is 18.6 Å². The molecule has 0 bridgehead atoms. The van der Waals surface area contributed by atoms with E-state index in [9.17, 15) is 0 Å². The highest BCUT2D eigenvalue weighted by molar-refractivity contribution is 6.83. The lowest BCUT2D eigenvalue weighted by molar-refractivity contribution is 1.14. The molecule has 2 rings (SSSR count). The van der Waals surface area contributed by atoms with Crippen LogP contribution in [0.15, 0.2) is 24.5 Å². The van der Waals surface area contributed by atoms with Crippen molar-refractivity contribution in [2.75, 3.05) is 0 Å². The molecule has 2 nitrogen and oxygen atoms in total. The number of hydrogen-bond acceptors (Lipinski definition) is 1. The molecule has 0 spiro atoms. The number of rotatable bonds is 0. The molecule has 2 heterocycles. The molecule has 0 atom stereocenters. The third kappa shape index (κ3) is 2.17. The van der Waals surface area contributed by atoms with Crippen LogP contribution in [-0.2, 0) is 0 Å². The fraction of sp³-hybridized carbons (Fsp3) is 0.308. The van der Waals surface area contributed by atoms with Crippen LogP contribution in [0.1, 0.15) is 11.3 Å². The van der Waals surface area contributed by atoms with Crippen molar-refractivity contribution in [3.8, 4) is 11.5 Å². The standard InChI is InChI=1S/C13H16N2Si/c1-11-6-5-8-15-12(10-14-13(11)15)7-9-16(2,3)4/h5-6,8,10H,1-4H3. The van der Waals surface area contributed by atoms with E-state index in [2.05, 4.69) is 53.5 Å². The second-order valence-electron chi connectivity index (χ2n) is 5.03. The first kappa shape index (κ1) is 11.0. The minimum Gasteiger partial charge on any atom is -0.293 e. The molecule has 0 N–H and O–H groups in total. The summed E-state index contributed by atoms with van der Waals surface area (Å²) in [5.41, 5.74) is 6.54. The Morgan fingerprint density at radius 3 is 2.75 bits per heavy atom. The van der Waals surface area contributed by atoms with Crippen LogP contribution in [-0.4, -0.2) is 17.5 Å². The highest BCUT2D eigenvalue weighted by Crippen LogP contribution is 2.10. The predicted molar refractivity (Wildman–Crippen MR) is 70.2 cm³/mol. The van der Waals surface area contributed by atoms with Crippen LogP contribution in [0.25, 0.3) is 5.65 Å². The summed E-state index contributed by atoms with van der Waals surface area (Å²) in [5, 5.41) is 0. The van der Waals surface area contributed by atoms with Crippen LogP contribution < -0.4 is 0 Å². The molecule has 82 valence electrons. The zero-order valence-corrected chi connectivity index (χ0v) is 11.2. The van der Waals surface area contributed by atoms with Gasteiger partial charge in [0.25, 0.3) is 0 Å². The minimum atomic E-state index is -1.32. The van der Waals surface area contributed by atoms with Gasteiger partial charge in [0.15, 0.2) is 0 Å². The molecule has 0 fully saturated rings. The molecule has 2 aromatic heterocycles. The molecule has 0 amide bonds. The van der Waals surface area contributed by atoms with Crippen molar-refractivity contribution in [1.82, 2.24) is 9.38 Å². The van der Waals surface area contributed by atoms with Crippen LogP contribution in [0.2, 0.25) is 19.6 Å². The SMILES string of the molecule is Cc1cccn2c(C#C[Si](C)(C)C)cnc12. The van der Waals surface area contributed by atoms with Gasteiger partial charge in [-0.1, -0.05) is 31.6 Å². The Labute approximate surface area is 97.3 Å². The topological polar surface area (TPSA) is 17.3 Å². The van der Waals surface area contributed by atoms with Gasteiger partial charge in [0.2, 0.25) is 0 Å². The summed E-state index contributed by atoms with van der Waals surface area (Å²) in [7, 11) is -1.32. The van der Waals surface area contributed by atoms with E-state index in [4.69, 9.17) is 0 Å². The van der Waals surface area contributed by atoms with Gasteiger partial charge in [-0.2, -0.15) is 0 Å². The number of imidazole rings is 1. The summed E-state index contributed by atoms with van der Waals surface area (Å²) in [6, 6.07) is 4.10. The van der Waals surface area contributed by atoms with Gasteiger partial charge in [-0.3, -0.25) is 4.40 Å². The third-order valence-corrected chi connectivity index (χ3v) is 3.17. The molecule has 16 heavy (non-hydrogen) atoms. The molecule has 3 heteroatoms. The summed E-state index contributed by atoms with van der Waals surface area (Å²) < 4.78 is 2.06. The highest BCUT2D eigenvalue weighted by Gasteiger charge is 2.08. The van der Waals surface area contributed by atoms with Crippen LogP contribution in [0.4, 0.5) is 0 Å². The van der Waals surface area contributed by atoms with Crippen molar-refractivity contribution in [3.05, 3.63) is 35.8 Å². The first-order valence-electron chi connectivity index (χ1n) is 5.43. The van der Waals surface area contributed by atoms with Gasteiger partial charge in [0, 0.05) is 6.20 Å². The summed E-state index contributed by atoms with van der Waals surface area (Å²) in [6.07, 6.45) is 3.87. The third-order valence-electron chi connectivity index (χ3n) is 2.30. The highest BCUT2D eigenvalue weighted by atomic mass is 28.3. The lowest BCUT2D eigenvalue weighted by Gasteiger charge is -2.03. The van der Waals surface area contributed by atoms with Gasteiger partial charge in [-0.25, -0.2) is 4.98 Å². The molecular formula is C13H16N2Si. The Morgan fingerprint density at radius 2 is 2.06 bits per heavy atom. The molecule has 0 aliphatic heterocycles. The number of hydrogen-bond donors (Lipinski definition) is 0. The van der Waals surface area contributed by atoms with Gasteiger partial charge in [0.1, 0.15) is 19.4 Å². The number of aryl methyl sites for hydroxylation is 1. The largest absolute Gasteiger partial charge is 0.293 e. The molecule has 0 saturated heterocycles. The van der Waals surface area contributed by atoms with Gasteiger partial charge >= 0.3 is 0 Å². The summed E-state index contributed by atoms with van der Waals surface area (Å²) in [5.74, 6) is 3.25.